The van der Waals surface area contributed by atoms with Gasteiger partial charge in [-0.2, -0.15) is 5.26 Å². The maximum absolute atomic E-state index is 9.04. The smallest absolute Gasteiger partial charge is 0.101 e. The molecule has 1 heterocycles. The van der Waals surface area contributed by atoms with Crippen LogP contribution in [0.15, 0.2) is 18.2 Å². The topological polar surface area (TPSA) is 70.0 Å². The van der Waals surface area contributed by atoms with Gasteiger partial charge >= 0.3 is 0 Å². The Balaban J connectivity index is 2.84. The number of aliphatic hydroxyl groups excluding tert-OH is 1. The molecule has 0 aliphatic rings. The molecule has 1 aromatic heterocycles. The lowest BCUT2D eigenvalue weighted by molar-refractivity contribution is 0.281. The molecule has 70 valence electrons. The van der Waals surface area contributed by atoms with Crippen LogP contribution in [0.3, 0.4) is 0 Å². The van der Waals surface area contributed by atoms with Gasteiger partial charge in [0.2, 0.25) is 0 Å². The van der Waals surface area contributed by atoms with Gasteiger partial charge in [0, 0.05) is 0 Å². The summed E-state index contributed by atoms with van der Waals surface area (Å²) in [4.78, 5) is 0. The molecular formula is C10H8N2OS. The lowest BCUT2D eigenvalue weighted by atomic mass is 10.1. The summed E-state index contributed by atoms with van der Waals surface area (Å²) in [7, 11) is 0. The van der Waals surface area contributed by atoms with Crippen molar-refractivity contribution in [1.29, 1.82) is 5.26 Å². The molecule has 3 nitrogen and oxygen atoms in total. The Morgan fingerprint density at radius 1 is 1.50 bits per heavy atom. The van der Waals surface area contributed by atoms with E-state index < -0.39 is 0 Å². The van der Waals surface area contributed by atoms with Crippen molar-refractivity contribution < 1.29 is 5.11 Å². The fraction of sp³-hybridized carbons (Fsp3) is 0.100. The molecule has 0 aliphatic carbocycles. The minimum atomic E-state index is -0.114. The van der Waals surface area contributed by atoms with Gasteiger partial charge in [0.15, 0.2) is 0 Å². The molecule has 2 rings (SSSR count). The average molecular weight is 204 g/mol. The Bertz CT molecular complexity index is 525. The maximum Gasteiger partial charge on any atom is 0.101 e. The van der Waals surface area contributed by atoms with Crippen molar-refractivity contribution in [1.82, 2.24) is 0 Å². The van der Waals surface area contributed by atoms with Crippen LogP contribution in [0.25, 0.3) is 10.1 Å². The Morgan fingerprint density at radius 3 is 2.93 bits per heavy atom. The number of nitrogens with zero attached hydrogens (tertiary/aromatic N) is 1. The van der Waals surface area contributed by atoms with E-state index in [1.54, 1.807) is 6.07 Å². The van der Waals surface area contributed by atoms with Crippen LogP contribution < -0.4 is 5.73 Å². The number of hydrogen-bond donors (Lipinski definition) is 2. The van der Waals surface area contributed by atoms with Gasteiger partial charge in [0.1, 0.15) is 6.07 Å². The first-order valence-corrected chi connectivity index (χ1v) is 4.89. The third kappa shape index (κ3) is 1.23. The number of anilines is 1. The van der Waals surface area contributed by atoms with Crippen LogP contribution in [-0.4, -0.2) is 5.11 Å². The largest absolute Gasteiger partial charge is 0.392 e. The molecule has 3 N–H and O–H groups in total. The summed E-state index contributed by atoms with van der Waals surface area (Å²) in [5.41, 5.74) is 6.84. The first-order valence-electron chi connectivity index (χ1n) is 4.08. The lowest BCUT2D eigenvalue weighted by Gasteiger charge is -1.99. The van der Waals surface area contributed by atoms with E-state index in [1.807, 2.05) is 12.1 Å². The number of hydrogen-bond acceptors (Lipinski definition) is 4. The predicted octanol–water partition coefficient (Wildman–Crippen LogP) is 1.85. The molecule has 0 amide bonds. The number of fused-ring (bicyclic) bond motifs is 1. The van der Waals surface area contributed by atoms with E-state index in [1.165, 1.54) is 11.3 Å². The zero-order valence-electron chi connectivity index (χ0n) is 7.32. The Morgan fingerprint density at radius 2 is 2.29 bits per heavy atom. The zero-order valence-corrected chi connectivity index (χ0v) is 8.14. The number of aliphatic hydroxyl groups is 1. The van der Waals surface area contributed by atoms with Crippen molar-refractivity contribution in [2.75, 3.05) is 5.73 Å². The minimum absolute atomic E-state index is 0.114. The fourth-order valence-corrected chi connectivity index (χ4v) is 2.36. The van der Waals surface area contributed by atoms with Crippen LogP contribution in [0.4, 0.5) is 5.00 Å². The minimum Gasteiger partial charge on any atom is -0.392 e. The summed E-state index contributed by atoms with van der Waals surface area (Å²) in [6.45, 7) is -0.114. The molecule has 0 spiro atoms. The van der Waals surface area contributed by atoms with Gasteiger partial charge in [0.25, 0.3) is 0 Å². The lowest BCUT2D eigenvalue weighted by Crippen LogP contribution is -1.88. The molecule has 0 saturated carbocycles. The van der Waals surface area contributed by atoms with Crippen LogP contribution in [0, 0.1) is 11.3 Å². The summed E-state index contributed by atoms with van der Waals surface area (Å²) in [5.74, 6) is 0. The van der Waals surface area contributed by atoms with E-state index in [4.69, 9.17) is 16.1 Å². The number of thiophene rings is 1. The number of nitrogens with two attached hydrogens (primary N) is 1. The molecule has 0 atom stereocenters. The average Bonchev–Trinajstić information content (AvgIpc) is 2.56. The molecule has 0 unspecified atom stereocenters. The molecule has 0 bridgehead atoms. The highest BCUT2D eigenvalue weighted by atomic mass is 32.1. The van der Waals surface area contributed by atoms with E-state index in [0.29, 0.717) is 16.1 Å². The first kappa shape index (κ1) is 9.00. The van der Waals surface area contributed by atoms with Crippen LogP contribution in [0.5, 0.6) is 0 Å². The van der Waals surface area contributed by atoms with E-state index in [0.717, 1.165) is 10.1 Å². The molecule has 14 heavy (non-hydrogen) atoms. The molecule has 0 saturated heterocycles. The van der Waals surface area contributed by atoms with Gasteiger partial charge < -0.3 is 10.8 Å². The number of nitrogen functional groups attached to an aromatic ring is 1. The van der Waals surface area contributed by atoms with E-state index >= 15 is 0 Å². The van der Waals surface area contributed by atoms with E-state index in [-0.39, 0.29) is 6.61 Å². The highest BCUT2D eigenvalue weighted by Gasteiger charge is 2.08. The summed E-state index contributed by atoms with van der Waals surface area (Å²) < 4.78 is 0.858. The van der Waals surface area contributed by atoms with Gasteiger partial charge in [-0.1, -0.05) is 12.1 Å². The standard InChI is InChI=1S/C10H8N2OS/c11-4-8-7(5-13)2-1-6-3-9(12)14-10(6)8/h1-3,13H,5,12H2. The van der Waals surface area contributed by atoms with Crippen LogP contribution in [0.1, 0.15) is 11.1 Å². The monoisotopic (exact) mass is 204 g/mol. The fourth-order valence-electron chi connectivity index (χ4n) is 1.42. The van der Waals surface area contributed by atoms with Crippen molar-refractivity contribution in [3.05, 3.63) is 29.3 Å². The van der Waals surface area contributed by atoms with Crippen LogP contribution in [-0.2, 0) is 6.61 Å². The van der Waals surface area contributed by atoms with Gasteiger partial charge in [-0.25, -0.2) is 0 Å². The molecule has 1 aromatic carbocycles. The van der Waals surface area contributed by atoms with Crippen LogP contribution >= 0.6 is 11.3 Å². The van der Waals surface area contributed by atoms with Crippen LogP contribution in [0.2, 0.25) is 0 Å². The first-order chi connectivity index (χ1) is 6.76. The van der Waals surface area contributed by atoms with Crippen molar-refractivity contribution in [2.45, 2.75) is 6.61 Å². The third-order valence-corrected chi connectivity index (χ3v) is 3.07. The summed E-state index contributed by atoms with van der Waals surface area (Å²) in [6.07, 6.45) is 0. The van der Waals surface area contributed by atoms with Gasteiger partial charge in [-0.3, -0.25) is 0 Å². The van der Waals surface area contributed by atoms with Crippen molar-refractivity contribution in [3.8, 4) is 6.07 Å². The number of benzene rings is 1. The van der Waals surface area contributed by atoms with Gasteiger partial charge in [0.05, 0.1) is 21.9 Å². The number of rotatable bonds is 1. The Kier molecular flexibility index (Phi) is 2.12. The Labute approximate surface area is 85.0 Å². The summed E-state index contributed by atoms with van der Waals surface area (Å²) in [6, 6.07) is 7.56. The maximum atomic E-state index is 9.04. The molecule has 2 aromatic rings. The second-order valence-corrected chi connectivity index (χ2v) is 4.02. The quantitative estimate of drug-likeness (QED) is 0.744. The van der Waals surface area contributed by atoms with Crippen molar-refractivity contribution >= 4 is 26.4 Å². The molecule has 4 heteroatoms. The second kappa shape index (κ2) is 3.29. The van der Waals surface area contributed by atoms with Gasteiger partial charge in [-0.15, -0.1) is 11.3 Å². The van der Waals surface area contributed by atoms with Gasteiger partial charge in [-0.05, 0) is 17.0 Å². The number of nitriles is 1. The highest BCUT2D eigenvalue weighted by Crippen LogP contribution is 2.31. The summed E-state index contributed by atoms with van der Waals surface area (Å²) in [5, 5.41) is 19.6. The normalized spacial score (nSPS) is 10.3. The zero-order chi connectivity index (χ0) is 10.1. The Hall–Kier alpha value is -1.57. The van der Waals surface area contributed by atoms with E-state index in [2.05, 4.69) is 6.07 Å². The molecule has 0 aliphatic heterocycles. The molecule has 0 fully saturated rings. The molecule has 0 radical (unpaired) electrons. The highest BCUT2D eigenvalue weighted by molar-refractivity contribution is 7.22. The SMILES string of the molecule is N#Cc1c(CO)ccc2cc(N)sc12. The second-order valence-electron chi connectivity index (χ2n) is 2.94. The summed E-state index contributed by atoms with van der Waals surface area (Å²) >= 11 is 1.38. The van der Waals surface area contributed by atoms with Crippen molar-refractivity contribution in [2.24, 2.45) is 0 Å². The predicted molar refractivity (Wildman–Crippen MR) is 56.9 cm³/mol. The van der Waals surface area contributed by atoms with E-state index in [9.17, 15) is 0 Å². The third-order valence-electron chi connectivity index (χ3n) is 2.07. The van der Waals surface area contributed by atoms with Crippen molar-refractivity contribution in [3.63, 3.8) is 0 Å². The molecular weight excluding hydrogens is 196 g/mol.